The molecule has 0 atom stereocenters. The first kappa shape index (κ1) is 12.2. The average Bonchev–Trinajstić information content (AvgIpc) is 2.89. The molecule has 0 bridgehead atoms. The molecule has 0 saturated heterocycles. The van der Waals surface area contributed by atoms with E-state index in [1.165, 1.54) is 4.57 Å². The Morgan fingerprint density at radius 1 is 1.15 bits per heavy atom. The number of hydrogen-bond acceptors (Lipinski definition) is 5. The quantitative estimate of drug-likeness (QED) is 0.721. The number of aromatic nitrogens is 3. The van der Waals surface area contributed by atoms with Crippen LogP contribution in [0.2, 0.25) is 0 Å². The monoisotopic (exact) mass is 269 g/mol. The summed E-state index contributed by atoms with van der Waals surface area (Å²) in [7, 11) is 0. The minimum atomic E-state index is -0.759. The number of hydrogen-bond donors (Lipinski definition) is 0. The fourth-order valence-corrected chi connectivity index (χ4v) is 2.25. The summed E-state index contributed by atoms with van der Waals surface area (Å²) >= 11 is 0. The van der Waals surface area contributed by atoms with Gasteiger partial charge in [0, 0.05) is 18.8 Å². The van der Waals surface area contributed by atoms with Crippen molar-refractivity contribution in [2.45, 2.75) is 13.1 Å². The summed E-state index contributed by atoms with van der Waals surface area (Å²) in [6, 6.07) is 11.3. The van der Waals surface area contributed by atoms with Crippen LogP contribution in [0.15, 0.2) is 39.9 Å². The van der Waals surface area contributed by atoms with Crippen molar-refractivity contribution in [1.82, 2.24) is 14.3 Å². The van der Waals surface area contributed by atoms with Crippen molar-refractivity contribution in [3.8, 4) is 6.07 Å². The van der Waals surface area contributed by atoms with Crippen LogP contribution in [0.4, 0.5) is 11.6 Å². The van der Waals surface area contributed by atoms with Crippen LogP contribution >= 0.6 is 0 Å². The molecule has 0 aliphatic carbocycles. The van der Waals surface area contributed by atoms with E-state index in [9.17, 15) is 9.59 Å². The molecule has 3 rings (SSSR count). The number of rotatable bonds is 2. The molecule has 0 unspecified atom stereocenters. The minimum Gasteiger partial charge on any atom is -0.309 e. The summed E-state index contributed by atoms with van der Waals surface area (Å²) in [6.07, 6.45) is 0. The molecule has 0 amide bonds. The SMILES string of the molecule is N#CCn1nc2n(c(=O)c1=O)CCN2c1ccccc1. The molecule has 20 heavy (non-hydrogen) atoms. The lowest BCUT2D eigenvalue weighted by Crippen LogP contribution is -2.42. The van der Waals surface area contributed by atoms with Crippen LogP contribution in [0, 0.1) is 11.3 Å². The Bertz CT molecular complexity index is 800. The molecule has 1 aliphatic rings. The molecule has 1 aliphatic heterocycles. The normalized spacial score (nSPS) is 13.1. The number of nitriles is 1. The summed E-state index contributed by atoms with van der Waals surface area (Å²) < 4.78 is 2.26. The van der Waals surface area contributed by atoms with E-state index in [1.807, 2.05) is 41.3 Å². The van der Waals surface area contributed by atoms with E-state index < -0.39 is 11.1 Å². The van der Waals surface area contributed by atoms with Crippen LogP contribution in [0.25, 0.3) is 0 Å². The smallest absolute Gasteiger partial charge is 0.309 e. The van der Waals surface area contributed by atoms with E-state index in [4.69, 9.17) is 5.26 Å². The molecule has 7 heteroatoms. The zero-order valence-electron chi connectivity index (χ0n) is 10.6. The fourth-order valence-electron chi connectivity index (χ4n) is 2.25. The third kappa shape index (κ3) is 1.78. The Balaban J connectivity index is 2.17. The zero-order valence-corrected chi connectivity index (χ0v) is 10.6. The highest BCUT2D eigenvalue weighted by molar-refractivity contribution is 5.58. The van der Waals surface area contributed by atoms with Gasteiger partial charge in [-0.2, -0.15) is 5.26 Å². The van der Waals surface area contributed by atoms with Crippen molar-refractivity contribution in [1.29, 1.82) is 5.26 Å². The van der Waals surface area contributed by atoms with Crippen molar-refractivity contribution in [3.63, 3.8) is 0 Å². The van der Waals surface area contributed by atoms with Gasteiger partial charge in [0.2, 0.25) is 5.95 Å². The lowest BCUT2D eigenvalue weighted by Gasteiger charge is -2.17. The summed E-state index contributed by atoms with van der Waals surface area (Å²) in [5.74, 6) is 0.399. The van der Waals surface area contributed by atoms with Gasteiger partial charge in [-0.1, -0.05) is 18.2 Å². The lowest BCUT2D eigenvalue weighted by molar-refractivity contribution is 0.604. The van der Waals surface area contributed by atoms with E-state index in [2.05, 4.69) is 5.10 Å². The number of nitrogens with zero attached hydrogens (tertiary/aromatic N) is 5. The number of para-hydroxylation sites is 1. The van der Waals surface area contributed by atoms with E-state index in [0.717, 1.165) is 10.4 Å². The predicted molar refractivity (Wildman–Crippen MR) is 71.8 cm³/mol. The second kappa shape index (κ2) is 4.66. The van der Waals surface area contributed by atoms with Crippen LogP contribution in [-0.4, -0.2) is 20.9 Å². The van der Waals surface area contributed by atoms with Gasteiger partial charge in [-0.3, -0.25) is 14.2 Å². The molecular formula is C13H11N5O2. The Morgan fingerprint density at radius 2 is 1.90 bits per heavy atom. The van der Waals surface area contributed by atoms with Crippen molar-refractivity contribution >= 4 is 11.6 Å². The van der Waals surface area contributed by atoms with E-state index in [1.54, 1.807) is 0 Å². The average molecular weight is 269 g/mol. The van der Waals surface area contributed by atoms with Crippen molar-refractivity contribution < 1.29 is 0 Å². The lowest BCUT2D eigenvalue weighted by atomic mass is 10.3. The van der Waals surface area contributed by atoms with Gasteiger partial charge in [0.1, 0.15) is 6.54 Å². The first-order valence-electron chi connectivity index (χ1n) is 6.14. The highest BCUT2D eigenvalue weighted by atomic mass is 16.2. The summed E-state index contributed by atoms with van der Waals surface area (Å²) in [5, 5.41) is 12.8. The van der Waals surface area contributed by atoms with Crippen LogP contribution < -0.4 is 16.0 Å². The number of anilines is 2. The first-order valence-corrected chi connectivity index (χ1v) is 6.14. The highest BCUT2D eigenvalue weighted by Gasteiger charge is 2.25. The standard InChI is InChI=1S/C13H11N5O2/c14-6-7-18-12(20)11(19)17-9-8-16(13(17)15-18)10-4-2-1-3-5-10/h1-5H,7-9H2. The van der Waals surface area contributed by atoms with E-state index >= 15 is 0 Å². The molecular weight excluding hydrogens is 258 g/mol. The molecule has 2 aromatic rings. The molecule has 1 aromatic heterocycles. The van der Waals surface area contributed by atoms with Crippen molar-refractivity contribution in [3.05, 3.63) is 51.0 Å². The maximum absolute atomic E-state index is 12.0. The maximum Gasteiger partial charge on any atom is 0.333 e. The van der Waals surface area contributed by atoms with Gasteiger partial charge in [0.15, 0.2) is 0 Å². The third-order valence-electron chi connectivity index (χ3n) is 3.19. The summed E-state index contributed by atoms with van der Waals surface area (Å²) in [4.78, 5) is 25.6. The molecule has 2 heterocycles. The summed E-state index contributed by atoms with van der Waals surface area (Å²) in [5.41, 5.74) is -0.498. The molecule has 0 N–H and O–H groups in total. The topological polar surface area (TPSA) is 83.9 Å². The number of fused-ring (bicyclic) bond motifs is 1. The van der Waals surface area contributed by atoms with Gasteiger partial charge in [-0.05, 0) is 12.1 Å². The molecule has 1 aromatic carbocycles. The molecule has 7 nitrogen and oxygen atoms in total. The highest BCUT2D eigenvalue weighted by Crippen LogP contribution is 2.25. The molecule has 0 spiro atoms. The second-order valence-corrected chi connectivity index (χ2v) is 4.36. The molecule has 0 fully saturated rings. The summed E-state index contributed by atoms with van der Waals surface area (Å²) in [6.45, 7) is 0.755. The van der Waals surface area contributed by atoms with Gasteiger partial charge in [-0.15, -0.1) is 5.10 Å². The Morgan fingerprint density at radius 3 is 2.60 bits per heavy atom. The van der Waals surface area contributed by atoms with Crippen molar-refractivity contribution in [2.24, 2.45) is 0 Å². The molecule has 0 radical (unpaired) electrons. The minimum absolute atomic E-state index is 0.232. The molecule has 100 valence electrons. The van der Waals surface area contributed by atoms with E-state index in [-0.39, 0.29) is 6.54 Å². The maximum atomic E-state index is 12.0. The Kier molecular flexibility index (Phi) is 2.84. The van der Waals surface area contributed by atoms with Crippen LogP contribution in [-0.2, 0) is 13.1 Å². The van der Waals surface area contributed by atoms with Crippen molar-refractivity contribution in [2.75, 3.05) is 11.4 Å². The second-order valence-electron chi connectivity index (χ2n) is 4.36. The van der Waals surface area contributed by atoms with Gasteiger partial charge in [0.25, 0.3) is 0 Å². The largest absolute Gasteiger partial charge is 0.333 e. The fraction of sp³-hybridized carbons (Fsp3) is 0.231. The van der Waals surface area contributed by atoms with E-state index in [0.29, 0.717) is 19.0 Å². The number of benzene rings is 1. The van der Waals surface area contributed by atoms with Gasteiger partial charge in [-0.25, -0.2) is 4.68 Å². The third-order valence-corrected chi connectivity index (χ3v) is 3.19. The van der Waals surface area contributed by atoms with Gasteiger partial charge >= 0.3 is 11.1 Å². The Hall–Kier alpha value is -2.88. The first-order chi connectivity index (χ1) is 9.72. The predicted octanol–water partition coefficient (Wildman–Crippen LogP) is 0.0803. The van der Waals surface area contributed by atoms with Crippen LogP contribution in [0.5, 0.6) is 0 Å². The van der Waals surface area contributed by atoms with Gasteiger partial charge in [0.05, 0.1) is 6.07 Å². The Labute approximate surface area is 113 Å². The molecule has 0 saturated carbocycles. The van der Waals surface area contributed by atoms with Crippen LogP contribution in [0.1, 0.15) is 0 Å². The van der Waals surface area contributed by atoms with Gasteiger partial charge < -0.3 is 4.90 Å². The zero-order chi connectivity index (χ0) is 14.1. The van der Waals surface area contributed by atoms with Crippen LogP contribution in [0.3, 0.4) is 0 Å².